The Bertz CT molecular complexity index is 873. The number of hydrogen-bond acceptors (Lipinski definition) is 6. The molecule has 0 N–H and O–H groups in total. The van der Waals surface area contributed by atoms with Crippen LogP contribution in [0.5, 0.6) is 0 Å². The third-order valence-electron chi connectivity index (χ3n) is 7.35. The zero-order chi connectivity index (χ0) is 22.4. The van der Waals surface area contributed by atoms with Crippen molar-refractivity contribution in [1.82, 2.24) is 0 Å². The van der Waals surface area contributed by atoms with Crippen LogP contribution in [0.2, 0.25) is 0 Å². The highest BCUT2D eigenvalue weighted by atomic mass is 16.6. The Morgan fingerprint density at radius 2 is 1.87 bits per heavy atom. The molecule has 2 saturated heterocycles. The van der Waals surface area contributed by atoms with Crippen molar-refractivity contribution in [3.05, 3.63) is 35.4 Å². The maximum atomic E-state index is 12.9. The summed E-state index contributed by atoms with van der Waals surface area (Å²) in [5.74, 6) is -0.533. The van der Waals surface area contributed by atoms with Crippen LogP contribution in [0.25, 0.3) is 0 Å². The predicted octanol–water partition coefficient (Wildman–Crippen LogP) is 4.76. The highest BCUT2D eigenvalue weighted by Crippen LogP contribution is 2.51. The first-order valence-electron chi connectivity index (χ1n) is 11.4. The van der Waals surface area contributed by atoms with Crippen LogP contribution in [0.3, 0.4) is 0 Å². The van der Waals surface area contributed by atoms with Gasteiger partial charge in [0.15, 0.2) is 0 Å². The van der Waals surface area contributed by atoms with E-state index in [1.165, 1.54) is 0 Å². The highest BCUT2D eigenvalue weighted by Gasteiger charge is 2.54. The quantitative estimate of drug-likeness (QED) is 0.480. The summed E-state index contributed by atoms with van der Waals surface area (Å²) < 4.78 is 17.2. The SMILES string of the molecule is CCC(C)(C)C(=O)OC(C)c1ccc(C(=O)OC23CC4CC(C2)OC(=O)C(C4)C3)cc1. The minimum atomic E-state index is -0.604. The van der Waals surface area contributed by atoms with E-state index in [4.69, 9.17) is 14.2 Å². The van der Waals surface area contributed by atoms with Gasteiger partial charge in [-0.15, -0.1) is 0 Å². The number of carbonyl (C=O) groups excluding carboxylic acids is 3. The van der Waals surface area contributed by atoms with E-state index in [-0.39, 0.29) is 29.9 Å². The van der Waals surface area contributed by atoms with Gasteiger partial charge in [0, 0.05) is 12.8 Å². The molecule has 2 heterocycles. The van der Waals surface area contributed by atoms with Gasteiger partial charge in [-0.05, 0) is 70.1 Å². The molecule has 0 radical (unpaired) electrons. The van der Waals surface area contributed by atoms with E-state index >= 15 is 0 Å². The van der Waals surface area contributed by atoms with Crippen molar-refractivity contribution in [2.75, 3.05) is 0 Å². The number of ether oxygens (including phenoxy) is 3. The second-order valence-electron chi connectivity index (χ2n) is 10.2. The fraction of sp³-hybridized carbons (Fsp3) is 0.640. The second kappa shape index (κ2) is 7.95. The Morgan fingerprint density at radius 3 is 2.55 bits per heavy atom. The van der Waals surface area contributed by atoms with E-state index in [9.17, 15) is 14.4 Å². The number of esters is 3. The third kappa shape index (κ3) is 4.35. The highest BCUT2D eigenvalue weighted by molar-refractivity contribution is 5.90. The minimum absolute atomic E-state index is 0.135. The lowest BCUT2D eigenvalue weighted by atomic mass is 9.65. The molecule has 4 fully saturated rings. The standard InChI is InChI=1S/C25H32O6/c1-5-24(3,4)23(28)29-15(2)17-6-8-18(9-7-17)22(27)31-25-12-16-10-19(13-25)21(26)30-20(11-16)14-25/h6-9,15-16,19-20H,5,10-14H2,1-4H3. The van der Waals surface area contributed by atoms with E-state index in [0.717, 1.165) is 24.8 Å². The number of rotatable bonds is 6. The van der Waals surface area contributed by atoms with E-state index in [2.05, 4.69) is 0 Å². The Hall–Kier alpha value is -2.37. The van der Waals surface area contributed by atoms with Crippen LogP contribution in [0.1, 0.15) is 88.2 Å². The first-order chi connectivity index (χ1) is 14.6. The number of benzene rings is 1. The monoisotopic (exact) mass is 428 g/mol. The van der Waals surface area contributed by atoms with Gasteiger partial charge in [0.05, 0.1) is 16.9 Å². The minimum Gasteiger partial charge on any atom is -0.462 e. The molecule has 2 aliphatic carbocycles. The Morgan fingerprint density at radius 1 is 1.16 bits per heavy atom. The van der Waals surface area contributed by atoms with Crippen LogP contribution in [-0.2, 0) is 23.8 Å². The summed E-state index contributed by atoms with van der Waals surface area (Å²) >= 11 is 0. The number of carbonyl (C=O) groups is 3. The van der Waals surface area contributed by atoms with Gasteiger partial charge in [0.25, 0.3) is 0 Å². The molecule has 5 unspecified atom stereocenters. The Kier molecular flexibility index (Phi) is 5.61. The summed E-state index contributed by atoms with van der Waals surface area (Å²) in [4.78, 5) is 37.5. The molecule has 2 aliphatic heterocycles. The first kappa shape index (κ1) is 21.8. The van der Waals surface area contributed by atoms with Crippen LogP contribution < -0.4 is 0 Å². The van der Waals surface area contributed by atoms with Gasteiger partial charge >= 0.3 is 17.9 Å². The largest absolute Gasteiger partial charge is 0.462 e. The molecule has 5 rings (SSSR count). The van der Waals surface area contributed by atoms with E-state index < -0.39 is 17.1 Å². The molecule has 5 atom stereocenters. The molecular formula is C25H32O6. The third-order valence-corrected chi connectivity index (χ3v) is 7.35. The van der Waals surface area contributed by atoms with Crippen LogP contribution in [-0.4, -0.2) is 29.6 Å². The lowest BCUT2D eigenvalue weighted by Crippen LogP contribution is -2.48. The van der Waals surface area contributed by atoms with E-state index in [0.29, 0.717) is 30.7 Å². The van der Waals surface area contributed by atoms with Gasteiger partial charge in [0.2, 0.25) is 0 Å². The average molecular weight is 429 g/mol. The van der Waals surface area contributed by atoms with Gasteiger partial charge in [-0.2, -0.15) is 0 Å². The molecule has 2 saturated carbocycles. The maximum Gasteiger partial charge on any atom is 0.338 e. The summed E-state index contributed by atoms with van der Waals surface area (Å²) in [7, 11) is 0. The molecule has 6 nitrogen and oxygen atoms in total. The molecular weight excluding hydrogens is 396 g/mol. The molecule has 6 heteroatoms. The molecule has 4 aliphatic rings. The normalized spacial score (nSPS) is 30.3. The van der Waals surface area contributed by atoms with Gasteiger partial charge in [0.1, 0.15) is 17.8 Å². The molecule has 0 aromatic heterocycles. The van der Waals surface area contributed by atoms with Crippen LogP contribution in [0.15, 0.2) is 24.3 Å². The van der Waals surface area contributed by atoms with Crippen LogP contribution >= 0.6 is 0 Å². The van der Waals surface area contributed by atoms with Crippen LogP contribution in [0.4, 0.5) is 0 Å². The van der Waals surface area contributed by atoms with Gasteiger partial charge in [-0.25, -0.2) is 4.79 Å². The van der Waals surface area contributed by atoms with Gasteiger partial charge in [-0.3, -0.25) is 9.59 Å². The van der Waals surface area contributed by atoms with Gasteiger partial charge in [-0.1, -0.05) is 19.1 Å². The maximum absolute atomic E-state index is 12.9. The zero-order valence-corrected chi connectivity index (χ0v) is 18.8. The zero-order valence-electron chi connectivity index (χ0n) is 18.8. The summed E-state index contributed by atoms with van der Waals surface area (Å²) in [6, 6.07) is 7.02. The van der Waals surface area contributed by atoms with Crippen LogP contribution in [0, 0.1) is 17.3 Å². The Balaban J connectivity index is 1.42. The molecule has 168 valence electrons. The van der Waals surface area contributed by atoms with Crippen molar-refractivity contribution < 1.29 is 28.6 Å². The van der Waals surface area contributed by atoms with Crippen molar-refractivity contribution in [1.29, 1.82) is 0 Å². The Labute approximate surface area is 183 Å². The molecule has 4 bridgehead atoms. The van der Waals surface area contributed by atoms with Crippen molar-refractivity contribution in [3.63, 3.8) is 0 Å². The molecule has 0 amide bonds. The fourth-order valence-corrected chi connectivity index (χ4v) is 5.18. The summed E-state index contributed by atoms with van der Waals surface area (Å²) in [5, 5.41) is 0. The van der Waals surface area contributed by atoms with Gasteiger partial charge < -0.3 is 14.2 Å². The van der Waals surface area contributed by atoms with Crippen molar-refractivity contribution in [2.24, 2.45) is 17.3 Å². The van der Waals surface area contributed by atoms with E-state index in [1.54, 1.807) is 24.3 Å². The number of fused-ring (bicyclic) bond motifs is 1. The molecule has 1 aromatic rings. The van der Waals surface area contributed by atoms with Crippen molar-refractivity contribution >= 4 is 17.9 Å². The smallest absolute Gasteiger partial charge is 0.338 e. The second-order valence-corrected chi connectivity index (χ2v) is 10.2. The molecule has 1 aromatic carbocycles. The average Bonchev–Trinajstić information content (AvgIpc) is 2.88. The van der Waals surface area contributed by atoms with E-state index in [1.807, 2.05) is 27.7 Å². The lowest BCUT2D eigenvalue weighted by Gasteiger charge is -2.45. The predicted molar refractivity (Wildman–Crippen MR) is 113 cm³/mol. The lowest BCUT2D eigenvalue weighted by molar-refractivity contribution is -0.159. The first-order valence-corrected chi connectivity index (χ1v) is 11.4. The van der Waals surface area contributed by atoms with Crippen molar-refractivity contribution in [2.45, 2.75) is 84.0 Å². The summed E-state index contributed by atoms with van der Waals surface area (Å²) in [6.07, 6.45) is 3.83. The van der Waals surface area contributed by atoms with Crippen molar-refractivity contribution in [3.8, 4) is 0 Å². The summed E-state index contributed by atoms with van der Waals surface area (Å²) in [6.45, 7) is 7.52. The topological polar surface area (TPSA) is 78.9 Å². The molecule has 31 heavy (non-hydrogen) atoms. The molecule has 0 spiro atoms. The number of hydrogen-bond donors (Lipinski definition) is 0. The summed E-state index contributed by atoms with van der Waals surface area (Å²) in [5.41, 5.74) is 0.146. The fourth-order valence-electron chi connectivity index (χ4n) is 5.18.